The molecule has 0 amide bonds. The van der Waals surface area contributed by atoms with Gasteiger partial charge in [0.2, 0.25) is 5.00 Å². The van der Waals surface area contributed by atoms with Crippen LogP contribution < -0.4 is 0 Å². The van der Waals surface area contributed by atoms with E-state index in [-0.39, 0.29) is 13.1 Å². The summed E-state index contributed by atoms with van der Waals surface area (Å²) in [7, 11) is -9.37. The van der Waals surface area contributed by atoms with Crippen molar-refractivity contribution in [3.05, 3.63) is 0 Å². The van der Waals surface area contributed by atoms with Crippen molar-refractivity contribution in [2.45, 2.75) is 56.2 Å². The van der Waals surface area contributed by atoms with Crippen LogP contribution in [-0.4, -0.2) is 48.5 Å². The molecule has 0 aliphatic carbocycles. The van der Waals surface area contributed by atoms with Gasteiger partial charge in [0.1, 0.15) is 4.75 Å². The van der Waals surface area contributed by atoms with Crippen molar-refractivity contribution in [1.29, 1.82) is 0 Å². The zero-order valence-electron chi connectivity index (χ0n) is 12.0. The van der Waals surface area contributed by atoms with Gasteiger partial charge in [-0.2, -0.15) is 12.7 Å². The molecule has 0 aromatic carbocycles. The highest BCUT2D eigenvalue weighted by Gasteiger charge is 2.61. The van der Waals surface area contributed by atoms with Crippen molar-refractivity contribution in [2.75, 3.05) is 13.1 Å². The summed E-state index contributed by atoms with van der Waals surface area (Å²) in [6.45, 7) is 2.78. The standard InChI is InChI=1S/C11H22FNO5S2/c1-10(2,20(16,17)18)11(3,12)19(14,15)13-8-6-4-5-7-9-13/h4-9H2,1-3H3,(H,16,17,18). The predicted molar refractivity (Wildman–Crippen MR) is 74.1 cm³/mol. The van der Waals surface area contributed by atoms with Gasteiger partial charge in [0.25, 0.3) is 20.1 Å². The molecule has 1 saturated heterocycles. The highest BCUT2D eigenvalue weighted by molar-refractivity contribution is 7.93. The minimum Gasteiger partial charge on any atom is -0.285 e. The van der Waals surface area contributed by atoms with Crippen molar-refractivity contribution in [3.63, 3.8) is 0 Å². The smallest absolute Gasteiger partial charge is 0.274 e. The third-order valence-electron chi connectivity index (χ3n) is 4.11. The van der Waals surface area contributed by atoms with Gasteiger partial charge in [-0.05, 0) is 33.6 Å². The van der Waals surface area contributed by atoms with E-state index in [0.717, 1.165) is 31.0 Å². The Morgan fingerprint density at radius 1 is 0.950 bits per heavy atom. The van der Waals surface area contributed by atoms with Crippen LogP contribution in [0.3, 0.4) is 0 Å². The van der Waals surface area contributed by atoms with Crippen LogP contribution in [0.25, 0.3) is 0 Å². The Labute approximate surface area is 120 Å². The van der Waals surface area contributed by atoms with Gasteiger partial charge in [-0.1, -0.05) is 12.8 Å². The largest absolute Gasteiger partial charge is 0.285 e. The molecule has 6 nitrogen and oxygen atoms in total. The van der Waals surface area contributed by atoms with E-state index in [2.05, 4.69) is 0 Å². The molecule has 0 radical (unpaired) electrons. The van der Waals surface area contributed by atoms with E-state index in [1.165, 1.54) is 0 Å². The lowest BCUT2D eigenvalue weighted by molar-refractivity contribution is 0.208. The van der Waals surface area contributed by atoms with E-state index in [9.17, 15) is 21.2 Å². The molecule has 0 saturated carbocycles. The number of hydrogen-bond acceptors (Lipinski definition) is 4. The molecule has 0 aromatic heterocycles. The normalized spacial score (nSPS) is 23.1. The Kier molecular flexibility index (Phi) is 4.90. The first-order valence-electron chi connectivity index (χ1n) is 6.51. The number of rotatable bonds is 4. The van der Waals surface area contributed by atoms with Gasteiger partial charge in [-0.25, -0.2) is 12.8 Å². The first-order chi connectivity index (χ1) is 8.86. The lowest BCUT2D eigenvalue weighted by Gasteiger charge is -2.37. The molecule has 1 aliphatic rings. The molecule has 1 rings (SSSR count). The van der Waals surface area contributed by atoms with Crippen LogP contribution in [0.1, 0.15) is 46.5 Å². The summed E-state index contributed by atoms with van der Waals surface area (Å²) in [5, 5.41) is -3.11. The molecule has 1 unspecified atom stereocenters. The summed E-state index contributed by atoms with van der Waals surface area (Å²) in [5.41, 5.74) is 0. The van der Waals surface area contributed by atoms with Gasteiger partial charge in [0, 0.05) is 13.1 Å². The fourth-order valence-electron chi connectivity index (χ4n) is 2.07. The number of hydrogen-bond donors (Lipinski definition) is 1. The molecule has 1 aliphatic heterocycles. The van der Waals surface area contributed by atoms with E-state index in [1.807, 2.05) is 0 Å². The minimum atomic E-state index is -4.87. The molecular weight excluding hydrogens is 309 g/mol. The summed E-state index contributed by atoms with van der Waals surface area (Å²) in [5.74, 6) is 0. The highest BCUT2D eigenvalue weighted by Crippen LogP contribution is 2.39. The van der Waals surface area contributed by atoms with Crippen LogP contribution >= 0.6 is 0 Å². The summed E-state index contributed by atoms with van der Waals surface area (Å²) < 4.78 is 70.1. The zero-order chi connectivity index (χ0) is 15.8. The fraction of sp³-hybridized carbons (Fsp3) is 1.00. The molecule has 1 fully saturated rings. The third-order valence-corrected chi connectivity index (χ3v) is 8.44. The summed E-state index contributed by atoms with van der Waals surface area (Å²) in [4.78, 5) is 0. The molecule has 0 aromatic rings. The van der Waals surface area contributed by atoms with Crippen LogP contribution in [0.2, 0.25) is 0 Å². The van der Waals surface area contributed by atoms with Gasteiger partial charge in [-0.15, -0.1) is 0 Å². The van der Waals surface area contributed by atoms with E-state index in [0.29, 0.717) is 19.8 Å². The summed E-state index contributed by atoms with van der Waals surface area (Å²) in [6.07, 6.45) is 2.94. The maximum Gasteiger partial charge on any atom is 0.274 e. The monoisotopic (exact) mass is 331 g/mol. The lowest BCUT2D eigenvalue weighted by atomic mass is 10.1. The molecule has 0 bridgehead atoms. The summed E-state index contributed by atoms with van der Waals surface area (Å²) in [6, 6.07) is 0. The van der Waals surface area contributed by atoms with Crippen LogP contribution in [-0.2, 0) is 20.1 Å². The second-order valence-corrected chi connectivity index (χ2v) is 9.92. The van der Waals surface area contributed by atoms with Crippen molar-refractivity contribution in [3.8, 4) is 0 Å². The topological polar surface area (TPSA) is 91.8 Å². The Hall–Kier alpha value is -0.250. The van der Waals surface area contributed by atoms with Crippen LogP contribution in [0, 0.1) is 0 Å². The second-order valence-electron chi connectivity index (χ2n) is 5.72. The number of nitrogens with zero attached hydrogens (tertiary/aromatic N) is 1. The van der Waals surface area contributed by atoms with Gasteiger partial charge in [-0.3, -0.25) is 4.55 Å². The van der Waals surface area contributed by atoms with E-state index in [4.69, 9.17) is 4.55 Å². The van der Waals surface area contributed by atoms with Crippen molar-refractivity contribution < 1.29 is 25.8 Å². The zero-order valence-corrected chi connectivity index (χ0v) is 13.6. The van der Waals surface area contributed by atoms with E-state index >= 15 is 0 Å². The van der Waals surface area contributed by atoms with E-state index < -0.39 is 29.9 Å². The Morgan fingerprint density at radius 2 is 1.35 bits per heavy atom. The quantitative estimate of drug-likeness (QED) is 0.789. The highest BCUT2D eigenvalue weighted by atomic mass is 32.2. The van der Waals surface area contributed by atoms with Crippen molar-refractivity contribution in [2.24, 2.45) is 0 Å². The van der Waals surface area contributed by atoms with Crippen molar-refractivity contribution >= 4 is 20.1 Å². The molecule has 1 N–H and O–H groups in total. The molecule has 0 spiro atoms. The molecule has 1 heterocycles. The molecular formula is C11H22FNO5S2. The van der Waals surface area contributed by atoms with E-state index in [1.54, 1.807) is 0 Å². The Balaban J connectivity index is 3.24. The van der Waals surface area contributed by atoms with Gasteiger partial charge >= 0.3 is 0 Å². The number of alkyl halides is 1. The SMILES string of the molecule is CC(C)(C(C)(F)S(=O)(=O)N1CCCCCC1)S(=O)(=O)O. The predicted octanol–water partition coefficient (Wildman–Crippen LogP) is 1.54. The molecule has 9 heteroatoms. The molecule has 20 heavy (non-hydrogen) atoms. The Morgan fingerprint density at radius 3 is 1.70 bits per heavy atom. The number of halogens is 1. The maximum absolute atomic E-state index is 14.9. The third kappa shape index (κ3) is 2.86. The number of sulfonamides is 1. The van der Waals surface area contributed by atoms with Crippen molar-refractivity contribution in [1.82, 2.24) is 4.31 Å². The second kappa shape index (κ2) is 5.51. The summed E-state index contributed by atoms with van der Waals surface area (Å²) >= 11 is 0. The van der Waals surface area contributed by atoms with Gasteiger partial charge in [0.15, 0.2) is 0 Å². The first kappa shape index (κ1) is 17.8. The van der Waals surface area contributed by atoms with Crippen LogP contribution in [0.4, 0.5) is 4.39 Å². The van der Waals surface area contributed by atoms with Gasteiger partial charge in [0.05, 0.1) is 0 Å². The lowest BCUT2D eigenvalue weighted by Crippen LogP contribution is -2.59. The average molecular weight is 331 g/mol. The van der Waals surface area contributed by atoms with Gasteiger partial charge < -0.3 is 0 Å². The average Bonchev–Trinajstić information content (AvgIpc) is 2.55. The Bertz CT molecular complexity index is 545. The molecule has 1 atom stereocenters. The fourth-order valence-corrected chi connectivity index (χ4v) is 5.00. The maximum atomic E-state index is 14.9. The minimum absolute atomic E-state index is 0.170. The van der Waals surface area contributed by atoms with Crippen LogP contribution in [0.15, 0.2) is 0 Å². The first-order valence-corrected chi connectivity index (χ1v) is 9.39. The van der Waals surface area contributed by atoms with Crippen LogP contribution in [0.5, 0.6) is 0 Å². The molecule has 120 valence electrons.